The molecule has 0 aromatic heterocycles. The third-order valence-corrected chi connectivity index (χ3v) is 9.87. The molecule has 1 amide bonds. The summed E-state index contributed by atoms with van der Waals surface area (Å²) in [4.78, 5) is 22.0. The number of hydrogen-bond acceptors (Lipinski definition) is 7. The number of aliphatic imine (C=N–C) groups is 1. The lowest BCUT2D eigenvalue weighted by molar-refractivity contribution is -0.130. The van der Waals surface area contributed by atoms with E-state index >= 15 is 0 Å². The number of rotatable bonds is 14. The number of carbonyl (C=O) groups excluding carboxylic acids is 1. The van der Waals surface area contributed by atoms with Crippen LogP contribution in [0.15, 0.2) is 153 Å². The smallest absolute Gasteiger partial charge is 0.266 e. The number of halogens is 1. The average molecular weight is 723 g/mol. The molecule has 7 nitrogen and oxygen atoms in total. The quantitative estimate of drug-likeness (QED) is 0.0805. The Labute approximate surface area is 293 Å². The van der Waals surface area contributed by atoms with E-state index in [4.69, 9.17) is 19.6 Å². The molecule has 2 atom stereocenters. The van der Waals surface area contributed by atoms with Gasteiger partial charge in [-0.25, -0.2) is 10.4 Å². The Morgan fingerprint density at radius 2 is 1.52 bits per heavy atom. The maximum absolute atomic E-state index is 14.6. The fourth-order valence-electron chi connectivity index (χ4n) is 5.54. The minimum Gasteiger partial charge on any atom is -0.494 e. The van der Waals surface area contributed by atoms with Crippen molar-refractivity contribution in [2.24, 2.45) is 4.99 Å². The largest absolute Gasteiger partial charge is 0.494 e. The van der Waals surface area contributed by atoms with Crippen molar-refractivity contribution < 1.29 is 19.4 Å². The molecule has 5 aromatic rings. The van der Waals surface area contributed by atoms with Crippen LogP contribution in [-0.2, 0) is 22.5 Å². The normalized spacial score (nSPS) is 17.0. The Morgan fingerprint density at radius 3 is 2.25 bits per heavy atom. The lowest BCUT2D eigenvalue weighted by atomic mass is 9.82. The molecule has 0 spiro atoms. The van der Waals surface area contributed by atoms with E-state index < -0.39 is 11.6 Å². The Hall–Kier alpha value is -4.41. The molecule has 9 heteroatoms. The molecule has 0 fully saturated rings. The maximum Gasteiger partial charge on any atom is 0.266 e. The summed E-state index contributed by atoms with van der Waals surface area (Å²) < 4.78 is 13.3. The van der Waals surface area contributed by atoms with Crippen molar-refractivity contribution in [3.63, 3.8) is 0 Å². The van der Waals surface area contributed by atoms with E-state index in [0.717, 1.165) is 36.5 Å². The van der Waals surface area contributed by atoms with Crippen LogP contribution in [0.1, 0.15) is 34.8 Å². The van der Waals surface area contributed by atoms with Gasteiger partial charge in [-0.3, -0.25) is 10.2 Å². The topological polar surface area (TPSA) is 92.2 Å². The van der Waals surface area contributed by atoms with Gasteiger partial charge in [0.25, 0.3) is 5.91 Å². The fourth-order valence-corrected chi connectivity index (χ4v) is 6.93. The van der Waals surface area contributed by atoms with Crippen LogP contribution < -0.4 is 15.6 Å². The molecule has 1 heterocycles. The summed E-state index contributed by atoms with van der Waals surface area (Å²) in [5.74, 6) is 0.745. The molecule has 0 saturated heterocycles. The number of nitrogens with one attached hydrogen (secondary N) is 2. The van der Waals surface area contributed by atoms with Crippen molar-refractivity contribution in [3.8, 4) is 5.75 Å². The van der Waals surface area contributed by atoms with Gasteiger partial charge < -0.3 is 14.6 Å². The highest BCUT2D eigenvalue weighted by molar-refractivity contribution is 9.10. The Bertz CT molecular complexity index is 1840. The minimum absolute atomic E-state index is 0.0687. The summed E-state index contributed by atoms with van der Waals surface area (Å²) in [5.41, 5.74) is 8.43. The standard InChI is InChI=1S/C39H36BrN3O4S/c40-34-18-9-7-14-30(34)26-39(38(45)43-41-27-31-15-8-10-19-35(31)48-33-16-5-2-6-17-33)36(28-12-3-1-4-13-28)47-37(42-39)29-20-22-32(23-21-29)46-25-11-24-44/h1-10,12-23,36,41,44H,11,24-27H2,(H,43,45)/t36-,39-/m0/s1. The van der Waals surface area contributed by atoms with Crippen LogP contribution in [0.4, 0.5) is 0 Å². The van der Waals surface area contributed by atoms with E-state index in [1.54, 1.807) is 11.8 Å². The van der Waals surface area contributed by atoms with E-state index in [0.29, 0.717) is 31.2 Å². The van der Waals surface area contributed by atoms with Gasteiger partial charge in [0.1, 0.15) is 5.75 Å². The first-order chi connectivity index (χ1) is 23.6. The molecule has 0 aliphatic carbocycles. The maximum atomic E-state index is 14.6. The van der Waals surface area contributed by atoms with Gasteiger partial charge in [-0.2, -0.15) is 0 Å². The van der Waals surface area contributed by atoms with Crippen molar-refractivity contribution in [3.05, 3.63) is 160 Å². The molecule has 0 unspecified atom stereocenters. The lowest BCUT2D eigenvalue weighted by Crippen LogP contribution is -2.53. The van der Waals surface area contributed by atoms with Crippen LogP contribution in [0.3, 0.4) is 0 Å². The first-order valence-electron chi connectivity index (χ1n) is 15.8. The third-order valence-electron chi connectivity index (χ3n) is 7.97. The second-order valence-corrected chi connectivity index (χ2v) is 13.3. The van der Waals surface area contributed by atoms with Crippen LogP contribution >= 0.6 is 27.7 Å². The summed E-state index contributed by atoms with van der Waals surface area (Å²) in [6.07, 6.45) is 0.131. The highest BCUT2D eigenvalue weighted by Crippen LogP contribution is 2.43. The number of nitrogens with zero attached hydrogens (tertiary/aromatic N) is 1. The minimum atomic E-state index is -1.35. The number of carbonyl (C=O) groups is 1. The van der Waals surface area contributed by atoms with Crippen molar-refractivity contribution >= 4 is 39.5 Å². The van der Waals surface area contributed by atoms with E-state index in [1.807, 2.05) is 109 Å². The zero-order valence-electron chi connectivity index (χ0n) is 26.2. The Balaban J connectivity index is 1.31. The second kappa shape index (κ2) is 16.1. The number of hydrogen-bond donors (Lipinski definition) is 3. The van der Waals surface area contributed by atoms with Gasteiger partial charge in [0, 0.05) is 45.8 Å². The zero-order chi connectivity index (χ0) is 33.2. The zero-order valence-corrected chi connectivity index (χ0v) is 28.6. The summed E-state index contributed by atoms with van der Waals surface area (Å²) >= 11 is 5.38. The van der Waals surface area contributed by atoms with Gasteiger partial charge in [-0.05, 0) is 65.2 Å². The summed E-state index contributed by atoms with van der Waals surface area (Å²) in [5, 5.41) is 9.09. The van der Waals surface area contributed by atoms with E-state index in [9.17, 15) is 4.79 Å². The third kappa shape index (κ3) is 7.99. The number of aliphatic hydroxyl groups is 1. The number of benzene rings is 5. The highest BCUT2D eigenvalue weighted by Gasteiger charge is 2.53. The van der Waals surface area contributed by atoms with E-state index in [2.05, 4.69) is 51.0 Å². The van der Waals surface area contributed by atoms with Crippen LogP contribution in [0.2, 0.25) is 0 Å². The predicted octanol–water partition coefficient (Wildman–Crippen LogP) is 7.68. The number of ether oxygens (including phenoxy) is 2. The molecular weight excluding hydrogens is 686 g/mol. The molecule has 1 aliphatic rings. The molecule has 6 rings (SSSR count). The van der Waals surface area contributed by atoms with Crippen LogP contribution in [0.25, 0.3) is 0 Å². The summed E-state index contributed by atoms with van der Waals surface area (Å²) in [6, 6.07) is 43.4. The second-order valence-electron chi connectivity index (χ2n) is 11.3. The lowest BCUT2D eigenvalue weighted by Gasteiger charge is -2.31. The molecular formula is C39H36BrN3O4S. The number of hydrazine groups is 1. The monoisotopic (exact) mass is 721 g/mol. The molecule has 0 saturated carbocycles. The molecule has 5 aromatic carbocycles. The molecule has 0 radical (unpaired) electrons. The summed E-state index contributed by atoms with van der Waals surface area (Å²) in [7, 11) is 0. The molecule has 1 aliphatic heterocycles. The van der Waals surface area contributed by atoms with Gasteiger partial charge in [-0.15, -0.1) is 0 Å². The van der Waals surface area contributed by atoms with Gasteiger partial charge in [-0.1, -0.05) is 113 Å². The van der Waals surface area contributed by atoms with Crippen molar-refractivity contribution in [1.29, 1.82) is 0 Å². The van der Waals surface area contributed by atoms with Gasteiger partial charge in [0.15, 0.2) is 11.6 Å². The summed E-state index contributed by atoms with van der Waals surface area (Å²) in [6.45, 7) is 0.901. The molecule has 0 bridgehead atoms. The Kier molecular flexibility index (Phi) is 11.3. The fraction of sp³-hybridized carbons (Fsp3) is 0.179. The van der Waals surface area contributed by atoms with Gasteiger partial charge >= 0.3 is 0 Å². The number of amides is 1. The van der Waals surface area contributed by atoms with Crippen molar-refractivity contribution in [1.82, 2.24) is 10.9 Å². The number of aliphatic hydroxyl groups excluding tert-OH is 1. The van der Waals surface area contributed by atoms with E-state index in [1.165, 1.54) is 0 Å². The first kappa shape index (κ1) is 33.5. The Morgan fingerprint density at radius 1 is 0.854 bits per heavy atom. The van der Waals surface area contributed by atoms with Gasteiger partial charge in [0.05, 0.1) is 6.61 Å². The van der Waals surface area contributed by atoms with Gasteiger partial charge in [0.2, 0.25) is 5.90 Å². The highest BCUT2D eigenvalue weighted by atomic mass is 79.9. The molecule has 3 N–H and O–H groups in total. The molecule has 48 heavy (non-hydrogen) atoms. The molecule has 244 valence electrons. The van der Waals surface area contributed by atoms with Crippen LogP contribution in [-0.4, -0.2) is 35.7 Å². The van der Waals surface area contributed by atoms with Crippen molar-refractivity contribution in [2.45, 2.75) is 40.8 Å². The predicted molar refractivity (Wildman–Crippen MR) is 193 cm³/mol. The van der Waals surface area contributed by atoms with E-state index in [-0.39, 0.29) is 18.9 Å². The average Bonchev–Trinajstić information content (AvgIpc) is 3.52. The first-order valence-corrected chi connectivity index (χ1v) is 17.4. The van der Waals surface area contributed by atoms with Crippen LogP contribution in [0, 0.1) is 0 Å². The van der Waals surface area contributed by atoms with Crippen molar-refractivity contribution in [2.75, 3.05) is 13.2 Å². The SMILES string of the molecule is O=C(NNCc1ccccc1Sc1ccccc1)[C@@]1(Cc2ccccc2Br)N=C(c2ccc(OCCCO)cc2)O[C@H]1c1ccccc1. The van der Waals surface area contributed by atoms with Crippen LogP contribution in [0.5, 0.6) is 5.75 Å².